The lowest BCUT2D eigenvalue weighted by Crippen LogP contribution is -1.98. The zero-order valence-corrected chi connectivity index (χ0v) is 19.3. The molecular formula is C29H24N4O2. The summed E-state index contributed by atoms with van der Waals surface area (Å²) in [6, 6.07) is 23.7. The molecule has 172 valence electrons. The Bertz CT molecular complexity index is 1490. The van der Waals surface area contributed by atoms with Crippen molar-refractivity contribution in [1.82, 2.24) is 20.2 Å². The number of nitrogens with one attached hydrogen (secondary N) is 1. The van der Waals surface area contributed by atoms with Crippen LogP contribution in [0.2, 0.25) is 0 Å². The smallest absolute Gasteiger partial charge is 0.130 e. The molecule has 2 aromatic carbocycles. The predicted octanol–water partition coefficient (Wildman–Crippen LogP) is 6.28. The van der Waals surface area contributed by atoms with E-state index in [2.05, 4.69) is 44.4 Å². The summed E-state index contributed by atoms with van der Waals surface area (Å²) < 4.78 is 11.4. The first-order chi connectivity index (χ1) is 17.3. The Kier molecular flexibility index (Phi) is 6.62. The highest BCUT2D eigenvalue weighted by atomic mass is 16.5. The fourth-order valence-electron chi connectivity index (χ4n) is 3.63. The molecule has 0 bridgehead atoms. The number of benzene rings is 2. The third-order valence-electron chi connectivity index (χ3n) is 5.45. The molecule has 0 fully saturated rings. The molecule has 0 atom stereocenters. The zero-order valence-electron chi connectivity index (χ0n) is 19.3. The molecular weight excluding hydrogens is 436 g/mol. The number of aromatic nitrogens is 4. The van der Waals surface area contributed by atoms with Crippen LogP contribution in [-0.2, 0) is 6.61 Å². The highest BCUT2D eigenvalue weighted by molar-refractivity contribution is 5.82. The summed E-state index contributed by atoms with van der Waals surface area (Å²) in [5, 5.41) is 8.57. The molecule has 0 unspecified atom stereocenters. The summed E-state index contributed by atoms with van der Waals surface area (Å²) in [7, 11) is 1.65. The minimum absolute atomic E-state index is 0.401. The van der Waals surface area contributed by atoms with Crippen LogP contribution >= 0.6 is 0 Å². The third-order valence-corrected chi connectivity index (χ3v) is 5.45. The van der Waals surface area contributed by atoms with Gasteiger partial charge in [0.15, 0.2) is 0 Å². The normalized spacial score (nSPS) is 11.5. The topological polar surface area (TPSA) is 72.9 Å². The average molecular weight is 461 g/mol. The summed E-state index contributed by atoms with van der Waals surface area (Å²) in [5.74, 6) is 1.45. The molecule has 1 N–H and O–H groups in total. The van der Waals surface area contributed by atoms with E-state index in [1.807, 2.05) is 72.8 Å². The fourth-order valence-corrected chi connectivity index (χ4v) is 3.63. The van der Waals surface area contributed by atoms with Crippen molar-refractivity contribution in [2.45, 2.75) is 6.61 Å². The van der Waals surface area contributed by atoms with E-state index in [9.17, 15) is 0 Å². The number of aromatic amines is 1. The lowest BCUT2D eigenvalue weighted by molar-refractivity contribution is 0.299. The second-order valence-electron chi connectivity index (χ2n) is 7.88. The van der Waals surface area contributed by atoms with Crippen LogP contribution in [0.15, 0.2) is 85.2 Å². The van der Waals surface area contributed by atoms with Crippen molar-refractivity contribution < 1.29 is 9.47 Å². The van der Waals surface area contributed by atoms with Gasteiger partial charge in [0.05, 0.1) is 29.7 Å². The van der Waals surface area contributed by atoms with Gasteiger partial charge in [-0.05, 0) is 66.3 Å². The Balaban J connectivity index is 1.25. The van der Waals surface area contributed by atoms with Crippen molar-refractivity contribution >= 4 is 35.2 Å². The molecule has 3 heterocycles. The van der Waals surface area contributed by atoms with Crippen LogP contribution in [0.4, 0.5) is 0 Å². The van der Waals surface area contributed by atoms with E-state index in [4.69, 9.17) is 9.47 Å². The number of pyridine rings is 2. The van der Waals surface area contributed by atoms with Gasteiger partial charge >= 0.3 is 0 Å². The van der Waals surface area contributed by atoms with Crippen molar-refractivity contribution in [1.29, 1.82) is 0 Å². The molecule has 0 aliphatic heterocycles. The van der Waals surface area contributed by atoms with E-state index in [0.29, 0.717) is 6.61 Å². The SMILES string of the molecule is COc1cc(OCc2ccccn2)ccc1/C=C/c1cc(C=Cc2ccc3cccnc3c2)[nH]n1. The lowest BCUT2D eigenvalue weighted by atomic mass is 10.1. The molecule has 5 aromatic rings. The molecule has 6 heteroatoms. The molecule has 35 heavy (non-hydrogen) atoms. The van der Waals surface area contributed by atoms with E-state index in [1.165, 1.54) is 0 Å². The number of hydrogen-bond donors (Lipinski definition) is 1. The van der Waals surface area contributed by atoms with Gasteiger partial charge in [-0.25, -0.2) is 0 Å². The molecule has 0 radical (unpaired) electrons. The number of hydrogen-bond acceptors (Lipinski definition) is 5. The van der Waals surface area contributed by atoms with E-state index >= 15 is 0 Å². The van der Waals surface area contributed by atoms with Gasteiger partial charge < -0.3 is 9.47 Å². The van der Waals surface area contributed by atoms with Gasteiger partial charge in [-0.15, -0.1) is 0 Å². The lowest BCUT2D eigenvalue weighted by Gasteiger charge is -2.09. The van der Waals surface area contributed by atoms with Crippen LogP contribution in [0.3, 0.4) is 0 Å². The van der Waals surface area contributed by atoms with Crippen molar-refractivity contribution in [3.05, 3.63) is 113 Å². The number of rotatable bonds is 8. The first-order valence-electron chi connectivity index (χ1n) is 11.2. The second kappa shape index (κ2) is 10.5. The molecule has 5 rings (SSSR count). The summed E-state index contributed by atoms with van der Waals surface area (Å²) in [4.78, 5) is 8.69. The van der Waals surface area contributed by atoms with Crippen molar-refractivity contribution in [2.75, 3.05) is 7.11 Å². The van der Waals surface area contributed by atoms with Gasteiger partial charge in [-0.2, -0.15) is 5.10 Å². The standard InChI is InChI=1S/C29H24N4O2/c1-34-29-19-27(35-20-26-6-2-3-15-30-26)14-11-23(29)10-13-25-18-24(32-33-25)12-8-21-7-9-22-5-4-16-31-28(22)17-21/h2-19H,20H2,1H3,(H,32,33)/b12-8?,13-10+. The van der Waals surface area contributed by atoms with Gasteiger partial charge in [-0.1, -0.05) is 30.3 Å². The quantitative estimate of drug-likeness (QED) is 0.295. The molecule has 0 amide bonds. The number of ether oxygens (including phenoxy) is 2. The van der Waals surface area contributed by atoms with E-state index in [-0.39, 0.29) is 0 Å². The van der Waals surface area contributed by atoms with E-state index < -0.39 is 0 Å². The molecule has 0 saturated carbocycles. The molecule has 3 aromatic heterocycles. The van der Waals surface area contributed by atoms with Gasteiger partial charge in [0, 0.05) is 29.4 Å². The molecule has 0 spiro atoms. The van der Waals surface area contributed by atoms with Crippen molar-refractivity contribution in [3.8, 4) is 11.5 Å². The van der Waals surface area contributed by atoms with Crippen LogP contribution in [0.25, 0.3) is 35.2 Å². The molecule has 0 aliphatic carbocycles. The van der Waals surface area contributed by atoms with Crippen LogP contribution < -0.4 is 9.47 Å². The number of fused-ring (bicyclic) bond motifs is 1. The largest absolute Gasteiger partial charge is 0.496 e. The minimum atomic E-state index is 0.401. The number of nitrogens with zero attached hydrogens (tertiary/aromatic N) is 3. The second-order valence-corrected chi connectivity index (χ2v) is 7.88. The van der Waals surface area contributed by atoms with Gasteiger partial charge in [-0.3, -0.25) is 15.1 Å². The Morgan fingerprint density at radius 1 is 0.829 bits per heavy atom. The van der Waals surface area contributed by atoms with Crippen LogP contribution in [-0.4, -0.2) is 27.3 Å². The predicted molar refractivity (Wildman–Crippen MR) is 140 cm³/mol. The Hall–Kier alpha value is -4.71. The summed E-state index contributed by atoms with van der Waals surface area (Å²) in [6.07, 6.45) is 11.5. The Morgan fingerprint density at radius 2 is 1.77 bits per heavy atom. The summed E-state index contributed by atoms with van der Waals surface area (Å²) in [5.41, 5.74) is 5.60. The van der Waals surface area contributed by atoms with Crippen molar-refractivity contribution in [3.63, 3.8) is 0 Å². The molecule has 0 aliphatic rings. The number of methoxy groups -OCH3 is 1. The highest BCUT2D eigenvalue weighted by Crippen LogP contribution is 2.27. The Labute approximate surface area is 203 Å². The number of H-pyrrole nitrogens is 1. The van der Waals surface area contributed by atoms with E-state index in [1.54, 1.807) is 19.5 Å². The van der Waals surface area contributed by atoms with Crippen LogP contribution in [0.1, 0.15) is 28.2 Å². The van der Waals surface area contributed by atoms with Gasteiger partial charge in [0.25, 0.3) is 0 Å². The molecule has 0 saturated heterocycles. The van der Waals surface area contributed by atoms with Crippen molar-refractivity contribution in [2.24, 2.45) is 0 Å². The van der Waals surface area contributed by atoms with Crippen LogP contribution in [0, 0.1) is 0 Å². The maximum Gasteiger partial charge on any atom is 0.130 e. The van der Waals surface area contributed by atoms with Crippen LogP contribution in [0.5, 0.6) is 11.5 Å². The molecule has 6 nitrogen and oxygen atoms in total. The highest BCUT2D eigenvalue weighted by Gasteiger charge is 2.05. The minimum Gasteiger partial charge on any atom is -0.496 e. The Morgan fingerprint density at radius 3 is 2.66 bits per heavy atom. The summed E-state index contributed by atoms with van der Waals surface area (Å²) in [6.45, 7) is 0.401. The van der Waals surface area contributed by atoms with Gasteiger partial charge in [0.1, 0.15) is 18.1 Å². The van der Waals surface area contributed by atoms with E-state index in [0.717, 1.165) is 50.6 Å². The first-order valence-corrected chi connectivity index (χ1v) is 11.2. The summed E-state index contributed by atoms with van der Waals surface area (Å²) >= 11 is 0. The van der Waals surface area contributed by atoms with Gasteiger partial charge in [0.2, 0.25) is 0 Å². The average Bonchev–Trinajstić information content (AvgIpc) is 3.38. The third kappa shape index (κ3) is 5.62. The monoisotopic (exact) mass is 460 g/mol. The fraction of sp³-hybridized carbons (Fsp3) is 0.0690. The zero-order chi connectivity index (χ0) is 23.9. The first kappa shape index (κ1) is 22.1. The maximum absolute atomic E-state index is 5.85. The maximum atomic E-state index is 5.85.